The SMILES string of the molecule is CNC(=O)COCCNC(=O)NCNC(C)=O. The van der Waals surface area contributed by atoms with Crippen LogP contribution in [0.1, 0.15) is 6.92 Å². The Morgan fingerprint density at radius 1 is 1.12 bits per heavy atom. The average Bonchev–Trinajstić information content (AvgIpc) is 2.27. The van der Waals surface area contributed by atoms with Gasteiger partial charge in [0.2, 0.25) is 11.8 Å². The largest absolute Gasteiger partial charge is 0.370 e. The highest BCUT2D eigenvalue weighted by Crippen LogP contribution is 1.74. The number of ether oxygens (including phenoxy) is 1. The van der Waals surface area contributed by atoms with Crippen molar-refractivity contribution in [2.75, 3.05) is 33.5 Å². The standard InChI is InChI=1S/C9H18N4O4/c1-7(14)12-6-13-9(16)11-3-4-17-5-8(15)10-2/h3-6H2,1-2H3,(H,10,15)(H,12,14)(H2,11,13,16). The summed E-state index contributed by atoms with van der Waals surface area (Å²) in [6, 6.07) is -0.415. The first-order chi connectivity index (χ1) is 8.06. The Kier molecular flexibility index (Phi) is 8.39. The maximum Gasteiger partial charge on any atom is 0.316 e. The molecule has 0 saturated heterocycles. The molecule has 0 aromatic heterocycles. The summed E-state index contributed by atoms with van der Waals surface area (Å²) < 4.78 is 4.96. The molecule has 0 aliphatic rings. The van der Waals surface area contributed by atoms with E-state index in [4.69, 9.17) is 4.74 Å². The van der Waals surface area contributed by atoms with Crippen LogP contribution in [0.25, 0.3) is 0 Å². The summed E-state index contributed by atoms with van der Waals surface area (Å²) >= 11 is 0. The molecule has 4 amide bonds. The number of carbonyl (C=O) groups is 3. The van der Waals surface area contributed by atoms with E-state index in [2.05, 4.69) is 21.3 Å². The van der Waals surface area contributed by atoms with Crippen LogP contribution in [-0.2, 0) is 14.3 Å². The van der Waals surface area contributed by atoms with Crippen LogP contribution in [0.5, 0.6) is 0 Å². The minimum atomic E-state index is -0.415. The van der Waals surface area contributed by atoms with Crippen LogP contribution < -0.4 is 21.3 Å². The molecule has 0 fully saturated rings. The predicted molar refractivity (Wildman–Crippen MR) is 60.1 cm³/mol. The molecule has 0 aromatic rings. The summed E-state index contributed by atoms with van der Waals surface area (Å²) in [5.41, 5.74) is 0. The zero-order valence-electron chi connectivity index (χ0n) is 9.96. The highest BCUT2D eigenvalue weighted by molar-refractivity contribution is 5.77. The molecule has 4 N–H and O–H groups in total. The van der Waals surface area contributed by atoms with E-state index in [1.165, 1.54) is 14.0 Å². The number of carbonyl (C=O) groups excluding carboxylic acids is 3. The summed E-state index contributed by atoms with van der Waals surface area (Å²) in [7, 11) is 1.51. The summed E-state index contributed by atoms with van der Waals surface area (Å²) in [5.74, 6) is -0.445. The third-order valence-corrected chi connectivity index (χ3v) is 1.63. The zero-order valence-corrected chi connectivity index (χ0v) is 9.96. The Balaban J connectivity index is 3.33. The Hall–Kier alpha value is -1.83. The van der Waals surface area contributed by atoms with E-state index < -0.39 is 6.03 Å². The van der Waals surface area contributed by atoms with Crippen LogP contribution in [-0.4, -0.2) is 51.3 Å². The van der Waals surface area contributed by atoms with Crippen LogP contribution in [0, 0.1) is 0 Å². The maximum absolute atomic E-state index is 11.1. The molecule has 17 heavy (non-hydrogen) atoms. The summed E-state index contributed by atoms with van der Waals surface area (Å²) in [4.78, 5) is 32.3. The van der Waals surface area contributed by atoms with Crippen molar-refractivity contribution in [2.45, 2.75) is 6.92 Å². The minimum absolute atomic E-state index is 0.0360. The first-order valence-electron chi connectivity index (χ1n) is 5.10. The number of amides is 4. The van der Waals surface area contributed by atoms with E-state index in [-0.39, 0.29) is 38.2 Å². The van der Waals surface area contributed by atoms with Crippen molar-refractivity contribution in [3.63, 3.8) is 0 Å². The lowest BCUT2D eigenvalue weighted by Crippen LogP contribution is -2.43. The van der Waals surface area contributed by atoms with Gasteiger partial charge in [-0.1, -0.05) is 0 Å². The predicted octanol–water partition coefficient (Wildman–Crippen LogP) is -1.86. The number of hydrogen-bond donors (Lipinski definition) is 4. The molecular formula is C9H18N4O4. The quantitative estimate of drug-likeness (QED) is 0.312. The molecule has 0 saturated carbocycles. The van der Waals surface area contributed by atoms with Gasteiger partial charge in [0.25, 0.3) is 0 Å². The normalized spacial score (nSPS) is 9.29. The van der Waals surface area contributed by atoms with Gasteiger partial charge in [0.05, 0.1) is 13.3 Å². The fraction of sp³-hybridized carbons (Fsp3) is 0.667. The summed E-state index contributed by atoms with van der Waals surface area (Å²) in [6.45, 7) is 1.90. The van der Waals surface area contributed by atoms with Gasteiger partial charge < -0.3 is 26.0 Å². The van der Waals surface area contributed by atoms with Gasteiger partial charge in [-0.2, -0.15) is 0 Å². The first-order valence-corrected chi connectivity index (χ1v) is 5.10. The highest BCUT2D eigenvalue weighted by atomic mass is 16.5. The van der Waals surface area contributed by atoms with Gasteiger partial charge >= 0.3 is 6.03 Å². The van der Waals surface area contributed by atoms with Crippen molar-refractivity contribution in [2.24, 2.45) is 0 Å². The lowest BCUT2D eigenvalue weighted by atomic mass is 10.6. The zero-order chi connectivity index (χ0) is 13.1. The lowest BCUT2D eigenvalue weighted by molar-refractivity contribution is -0.125. The third kappa shape index (κ3) is 10.5. The molecule has 98 valence electrons. The van der Waals surface area contributed by atoms with Crippen LogP contribution in [0.2, 0.25) is 0 Å². The summed E-state index contributed by atoms with van der Waals surface area (Å²) in [6.07, 6.45) is 0. The van der Waals surface area contributed by atoms with Gasteiger partial charge in [0, 0.05) is 20.5 Å². The number of rotatable bonds is 7. The topological polar surface area (TPSA) is 109 Å². The summed E-state index contributed by atoms with van der Waals surface area (Å²) in [5, 5.41) is 9.70. The second-order valence-corrected chi connectivity index (χ2v) is 3.07. The molecule has 0 aliphatic heterocycles. The fourth-order valence-electron chi connectivity index (χ4n) is 0.785. The highest BCUT2D eigenvalue weighted by Gasteiger charge is 2.00. The van der Waals surface area contributed by atoms with E-state index >= 15 is 0 Å². The van der Waals surface area contributed by atoms with Crippen molar-refractivity contribution in [3.8, 4) is 0 Å². The van der Waals surface area contributed by atoms with Gasteiger partial charge in [-0.25, -0.2) is 4.79 Å². The van der Waals surface area contributed by atoms with Crippen molar-refractivity contribution >= 4 is 17.8 Å². The molecule has 8 heteroatoms. The monoisotopic (exact) mass is 246 g/mol. The van der Waals surface area contributed by atoms with Crippen molar-refractivity contribution in [3.05, 3.63) is 0 Å². The molecule has 0 heterocycles. The average molecular weight is 246 g/mol. The van der Waals surface area contributed by atoms with Gasteiger partial charge in [-0.3, -0.25) is 9.59 Å². The van der Waals surface area contributed by atoms with Gasteiger partial charge in [-0.05, 0) is 0 Å². The van der Waals surface area contributed by atoms with Crippen LogP contribution in [0.15, 0.2) is 0 Å². The van der Waals surface area contributed by atoms with Gasteiger partial charge in [-0.15, -0.1) is 0 Å². The third-order valence-electron chi connectivity index (χ3n) is 1.63. The van der Waals surface area contributed by atoms with Gasteiger partial charge in [0.15, 0.2) is 0 Å². The molecule has 0 rings (SSSR count). The smallest absolute Gasteiger partial charge is 0.316 e. The first kappa shape index (κ1) is 15.2. The number of urea groups is 1. The molecule has 0 atom stereocenters. The number of hydrogen-bond acceptors (Lipinski definition) is 4. The Labute approximate surface area is 99.5 Å². The molecule has 0 aromatic carbocycles. The van der Waals surface area contributed by atoms with Crippen LogP contribution in [0.4, 0.5) is 4.79 Å². The van der Waals surface area contributed by atoms with E-state index in [1.807, 2.05) is 0 Å². The van der Waals surface area contributed by atoms with E-state index in [0.29, 0.717) is 0 Å². The van der Waals surface area contributed by atoms with Crippen molar-refractivity contribution in [1.29, 1.82) is 0 Å². The molecular weight excluding hydrogens is 228 g/mol. The number of nitrogens with one attached hydrogen (secondary N) is 4. The Morgan fingerprint density at radius 2 is 1.82 bits per heavy atom. The second-order valence-electron chi connectivity index (χ2n) is 3.07. The Bertz CT molecular complexity index is 270. The molecule has 0 aliphatic carbocycles. The van der Waals surface area contributed by atoms with E-state index in [1.54, 1.807) is 0 Å². The van der Waals surface area contributed by atoms with E-state index in [0.717, 1.165) is 0 Å². The van der Waals surface area contributed by atoms with E-state index in [9.17, 15) is 14.4 Å². The minimum Gasteiger partial charge on any atom is -0.370 e. The number of likely N-dealkylation sites (N-methyl/N-ethyl adjacent to an activating group) is 1. The van der Waals surface area contributed by atoms with Crippen molar-refractivity contribution in [1.82, 2.24) is 21.3 Å². The molecule has 8 nitrogen and oxygen atoms in total. The maximum atomic E-state index is 11.1. The van der Waals surface area contributed by atoms with Crippen LogP contribution in [0.3, 0.4) is 0 Å². The lowest BCUT2D eigenvalue weighted by Gasteiger charge is -2.08. The van der Waals surface area contributed by atoms with Crippen LogP contribution >= 0.6 is 0 Å². The molecule has 0 bridgehead atoms. The second kappa shape index (κ2) is 9.40. The van der Waals surface area contributed by atoms with Gasteiger partial charge in [0.1, 0.15) is 6.61 Å². The van der Waals surface area contributed by atoms with Crippen molar-refractivity contribution < 1.29 is 19.1 Å². The fourth-order valence-corrected chi connectivity index (χ4v) is 0.785. The molecule has 0 spiro atoms. The Morgan fingerprint density at radius 3 is 2.41 bits per heavy atom. The molecule has 0 unspecified atom stereocenters. The molecule has 0 radical (unpaired) electrons.